The van der Waals surface area contributed by atoms with E-state index in [1.165, 1.54) is 12.4 Å². The van der Waals surface area contributed by atoms with E-state index < -0.39 is 41.7 Å². The molecule has 1 fully saturated rings. The van der Waals surface area contributed by atoms with E-state index in [0.717, 1.165) is 23.1 Å². The van der Waals surface area contributed by atoms with Gasteiger partial charge in [-0.3, -0.25) is 20.0 Å². The molecule has 1 aliphatic carbocycles. The molecule has 2 amide bonds. The summed E-state index contributed by atoms with van der Waals surface area (Å²) < 4.78 is 53.6. The number of aromatic amines is 1. The van der Waals surface area contributed by atoms with Gasteiger partial charge in [-0.15, -0.1) is 0 Å². The fourth-order valence-electron chi connectivity index (χ4n) is 3.95. The van der Waals surface area contributed by atoms with Gasteiger partial charge in [0, 0.05) is 23.7 Å². The maximum Gasteiger partial charge on any atom is 0.416 e. The molecule has 2 N–H and O–H groups in total. The van der Waals surface area contributed by atoms with Gasteiger partial charge in [0.2, 0.25) is 11.9 Å². The van der Waals surface area contributed by atoms with E-state index in [2.05, 4.69) is 25.5 Å². The van der Waals surface area contributed by atoms with Crippen molar-refractivity contribution in [2.45, 2.75) is 24.2 Å². The zero-order valence-electron chi connectivity index (χ0n) is 15.7. The van der Waals surface area contributed by atoms with Gasteiger partial charge in [0.25, 0.3) is 5.91 Å². The number of nitrogens with zero attached hydrogens (tertiary/aromatic N) is 4. The summed E-state index contributed by atoms with van der Waals surface area (Å²) in [6.07, 6.45) is -3.04. The van der Waals surface area contributed by atoms with Crippen molar-refractivity contribution < 1.29 is 27.2 Å². The molecule has 1 aliphatic heterocycles. The Hall–Kier alpha value is -3.57. The maximum absolute atomic E-state index is 14.3. The quantitative estimate of drug-likeness (QED) is 0.617. The highest BCUT2D eigenvalue weighted by Gasteiger charge is 2.61. The van der Waals surface area contributed by atoms with Gasteiger partial charge < -0.3 is 4.90 Å². The number of aromatic nitrogens is 4. The molecule has 3 heterocycles. The third kappa shape index (κ3) is 3.18. The number of anilines is 1. The van der Waals surface area contributed by atoms with Gasteiger partial charge in [0.1, 0.15) is 12.7 Å². The van der Waals surface area contributed by atoms with Gasteiger partial charge in [-0.05, 0) is 30.2 Å². The smallest absolute Gasteiger partial charge is 0.328 e. The molecule has 8 nitrogen and oxygen atoms in total. The molecule has 3 aromatic rings. The number of hydrogen-bond donors (Lipinski definition) is 2. The first-order valence-corrected chi connectivity index (χ1v) is 9.28. The monoisotopic (exact) mass is 434 g/mol. The van der Waals surface area contributed by atoms with Crippen LogP contribution in [-0.4, -0.2) is 56.1 Å². The molecule has 0 radical (unpaired) electrons. The number of rotatable bonds is 3. The van der Waals surface area contributed by atoms with Crippen LogP contribution in [0.25, 0.3) is 11.0 Å². The molecule has 12 heteroatoms. The normalized spacial score (nSPS) is 22.6. The lowest BCUT2D eigenvalue weighted by Gasteiger charge is -2.34. The number of benzene rings is 1. The number of amides is 2. The zero-order chi connectivity index (χ0) is 22.0. The van der Waals surface area contributed by atoms with E-state index in [1.807, 2.05) is 0 Å². The fourth-order valence-corrected chi connectivity index (χ4v) is 3.95. The number of halogens is 4. The predicted octanol–water partition coefficient (Wildman–Crippen LogP) is 2.45. The minimum Gasteiger partial charge on any atom is -0.328 e. The topological polar surface area (TPSA) is 104 Å². The molecule has 0 unspecified atom stereocenters. The molecule has 2 atom stereocenters. The van der Waals surface area contributed by atoms with Crippen molar-refractivity contribution >= 4 is 28.8 Å². The summed E-state index contributed by atoms with van der Waals surface area (Å²) in [4.78, 5) is 34.5. The number of hydrogen-bond acceptors (Lipinski definition) is 5. The summed E-state index contributed by atoms with van der Waals surface area (Å²) in [5.41, 5.74) is -1.73. The van der Waals surface area contributed by atoms with Crippen LogP contribution in [0, 0.1) is 0 Å². The molecule has 1 saturated carbocycles. The molecular formula is C19H14F4N6O2. The molecule has 2 aliphatic rings. The van der Waals surface area contributed by atoms with Crippen LogP contribution in [0.2, 0.25) is 0 Å². The second-order valence-corrected chi connectivity index (χ2v) is 7.66. The van der Waals surface area contributed by atoms with Gasteiger partial charge >= 0.3 is 6.18 Å². The van der Waals surface area contributed by atoms with Gasteiger partial charge in [-0.1, -0.05) is 0 Å². The minimum absolute atomic E-state index is 0.00763. The summed E-state index contributed by atoms with van der Waals surface area (Å²) in [7, 11) is 0. The third-order valence-electron chi connectivity index (χ3n) is 5.63. The van der Waals surface area contributed by atoms with E-state index in [4.69, 9.17) is 0 Å². The van der Waals surface area contributed by atoms with Crippen LogP contribution in [0.15, 0.2) is 30.6 Å². The number of carbonyl (C=O) groups is 2. The SMILES string of the molecule is O=C(CN1C[C@@]2(C[C@@H]2F)c2cc(C(F)(F)F)ccc2C1=O)Nc1ncc2cn[nH]c2n1. The number of nitrogens with one attached hydrogen (secondary N) is 2. The second kappa shape index (κ2) is 6.46. The van der Waals surface area contributed by atoms with Crippen molar-refractivity contribution in [1.82, 2.24) is 25.1 Å². The van der Waals surface area contributed by atoms with Crippen molar-refractivity contribution in [3.8, 4) is 0 Å². The van der Waals surface area contributed by atoms with Crippen molar-refractivity contribution in [3.05, 3.63) is 47.3 Å². The van der Waals surface area contributed by atoms with Gasteiger partial charge in [0.15, 0.2) is 5.65 Å². The number of fused-ring (bicyclic) bond motifs is 3. The largest absolute Gasteiger partial charge is 0.416 e. The van der Waals surface area contributed by atoms with Crippen molar-refractivity contribution in [2.75, 3.05) is 18.4 Å². The van der Waals surface area contributed by atoms with Crippen LogP contribution in [-0.2, 0) is 16.4 Å². The Morgan fingerprint density at radius 1 is 1.32 bits per heavy atom. The molecule has 0 bridgehead atoms. The lowest BCUT2D eigenvalue weighted by atomic mass is 9.85. The summed E-state index contributed by atoms with van der Waals surface area (Å²) >= 11 is 0. The molecule has 2 aromatic heterocycles. The molecule has 160 valence electrons. The first-order chi connectivity index (χ1) is 14.7. The zero-order valence-corrected chi connectivity index (χ0v) is 15.7. The Bertz CT molecular complexity index is 1230. The Balaban J connectivity index is 1.38. The summed E-state index contributed by atoms with van der Waals surface area (Å²) in [6.45, 7) is -0.604. The molecule has 5 rings (SSSR count). The number of alkyl halides is 4. The maximum atomic E-state index is 14.3. The van der Waals surface area contributed by atoms with E-state index in [-0.39, 0.29) is 30.0 Å². The number of carbonyl (C=O) groups excluding carboxylic acids is 2. The van der Waals surface area contributed by atoms with Crippen LogP contribution < -0.4 is 5.32 Å². The Morgan fingerprint density at radius 2 is 2.10 bits per heavy atom. The van der Waals surface area contributed by atoms with Crippen molar-refractivity contribution in [3.63, 3.8) is 0 Å². The molecule has 1 spiro atoms. The van der Waals surface area contributed by atoms with E-state index >= 15 is 0 Å². The van der Waals surface area contributed by atoms with Crippen molar-refractivity contribution in [1.29, 1.82) is 0 Å². The highest BCUT2D eigenvalue weighted by Crippen LogP contribution is 2.55. The van der Waals surface area contributed by atoms with Crippen LogP contribution in [0.3, 0.4) is 0 Å². The Morgan fingerprint density at radius 3 is 2.81 bits per heavy atom. The lowest BCUT2D eigenvalue weighted by molar-refractivity contribution is -0.137. The minimum atomic E-state index is -4.60. The van der Waals surface area contributed by atoms with Crippen LogP contribution in [0.5, 0.6) is 0 Å². The fraction of sp³-hybridized carbons (Fsp3) is 0.316. The van der Waals surface area contributed by atoms with Crippen LogP contribution in [0.1, 0.15) is 27.9 Å². The van der Waals surface area contributed by atoms with Gasteiger partial charge in [0.05, 0.1) is 17.1 Å². The van der Waals surface area contributed by atoms with Crippen molar-refractivity contribution in [2.24, 2.45) is 0 Å². The standard InChI is InChI=1S/C19H14F4N6O2/c20-13-4-18(13)8-29(16(31)11-2-1-10(3-12(11)18)19(21,22)23)7-14(30)26-17-24-5-9-6-25-28-15(9)27-17/h1-3,5-6,13H,4,7-8H2,(H2,24,25,26,27,28,30)/t13-,18-/m0/s1. The Kier molecular flexibility index (Phi) is 4.04. The molecule has 1 aromatic carbocycles. The van der Waals surface area contributed by atoms with Crippen LogP contribution in [0.4, 0.5) is 23.5 Å². The third-order valence-corrected chi connectivity index (χ3v) is 5.63. The van der Waals surface area contributed by atoms with E-state index in [1.54, 1.807) is 0 Å². The highest BCUT2D eigenvalue weighted by molar-refractivity contribution is 6.01. The molecule has 0 saturated heterocycles. The van der Waals surface area contributed by atoms with Crippen LogP contribution >= 0.6 is 0 Å². The summed E-state index contributed by atoms with van der Waals surface area (Å²) in [5, 5.41) is 9.53. The predicted molar refractivity (Wildman–Crippen MR) is 98.9 cm³/mol. The first kappa shape index (κ1) is 19.4. The molecular weight excluding hydrogens is 420 g/mol. The number of H-pyrrole nitrogens is 1. The highest BCUT2D eigenvalue weighted by atomic mass is 19.4. The molecule has 31 heavy (non-hydrogen) atoms. The van der Waals surface area contributed by atoms with Gasteiger partial charge in [-0.2, -0.15) is 23.3 Å². The average molecular weight is 434 g/mol. The first-order valence-electron chi connectivity index (χ1n) is 9.28. The van der Waals surface area contributed by atoms with E-state index in [0.29, 0.717) is 11.0 Å². The van der Waals surface area contributed by atoms with Gasteiger partial charge in [-0.25, -0.2) is 9.37 Å². The van der Waals surface area contributed by atoms with E-state index in [9.17, 15) is 27.2 Å². The summed E-state index contributed by atoms with van der Waals surface area (Å²) in [5.74, 6) is -1.26. The summed E-state index contributed by atoms with van der Waals surface area (Å²) in [6, 6.07) is 2.68. The average Bonchev–Trinajstić information content (AvgIpc) is 3.12. The lowest BCUT2D eigenvalue weighted by Crippen LogP contribution is -2.47. The Labute approximate surface area is 171 Å². The second-order valence-electron chi connectivity index (χ2n) is 7.66.